The Hall–Kier alpha value is -4.09. The van der Waals surface area contributed by atoms with Crippen molar-refractivity contribution in [3.8, 4) is 0 Å². The van der Waals surface area contributed by atoms with Crippen molar-refractivity contribution < 1.29 is 40.3 Å². The molecule has 0 bridgehead atoms. The normalized spacial score (nSPS) is 11.6. The van der Waals surface area contributed by atoms with Crippen LogP contribution in [0.5, 0.6) is 0 Å². The van der Waals surface area contributed by atoms with E-state index in [2.05, 4.69) is 16.0 Å². The molecule has 0 heterocycles. The maximum Gasteiger partial charge on any atom is 0.417 e. The van der Waals surface area contributed by atoms with Crippen molar-refractivity contribution in [3.63, 3.8) is 0 Å². The average molecular weight is 485 g/mol. The van der Waals surface area contributed by atoms with Crippen LogP contribution in [0, 0.1) is 5.82 Å². The molecule has 0 aliphatic heterocycles. The summed E-state index contributed by atoms with van der Waals surface area (Å²) in [6.45, 7) is 0. The molecule has 5 nitrogen and oxygen atoms in total. The number of benzene rings is 3. The second-order valence-electron chi connectivity index (χ2n) is 6.88. The SMILES string of the molecule is O=C(Nc1cccc(C(F)(F)F)c1)Nc1ccc(C(=O)Nc2ccc(F)cc2)c(C(F)(F)F)c1. The van der Waals surface area contributed by atoms with E-state index < -0.39 is 46.8 Å². The summed E-state index contributed by atoms with van der Waals surface area (Å²) in [5.74, 6) is -1.73. The van der Waals surface area contributed by atoms with Crippen LogP contribution in [0.3, 0.4) is 0 Å². The lowest BCUT2D eigenvalue weighted by molar-refractivity contribution is -0.138. The van der Waals surface area contributed by atoms with Crippen molar-refractivity contribution in [1.29, 1.82) is 0 Å². The van der Waals surface area contributed by atoms with Crippen molar-refractivity contribution in [2.24, 2.45) is 0 Å². The summed E-state index contributed by atoms with van der Waals surface area (Å²) in [7, 11) is 0. The molecule has 3 rings (SSSR count). The minimum absolute atomic E-state index is 0.0576. The van der Waals surface area contributed by atoms with Gasteiger partial charge in [0.25, 0.3) is 5.91 Å². The summed E-state index contributed by atoms with van der Waals surface area (Å²) in [6, 6.07) is 9.24. The number of anilines is 3. The van der Waals surface area contributed by atoms with Gasteiger partial charge in [0.05, 0.1) is 16.7 Å². The second kappa shape index (κ2) is 9.41. The highest BCUT2D eigenvalue weighted by atomic mass is 19.4. The molecule has 178 valence electrons. The number of carbonyl (C=O) groups excluding carboxylic acids is 2. The van der Waals surface area contributed by atoms with Gasteiger partial charge in [-0.3, -0.25) is 4.79 Å². The molecule has 0 radical (unpaired) electrons. The molecule has 0 atom stereocenters. The van der Waals surface area contributed by atoms with Crippen LogP contribution in [0.15, 0.2) is 66.7 Å². The first-order valence-electron chi connectivity index (χ1n) is 9.36. The zero-order chi connectivity index (χ0) is 25.1. The third kappa shape index (κ3) is 6.24. The minimum Gasteiger partial charge on any atom is -0.322 e. The van der Waals surface area contributed by atoms with Gasteiger partial charge in [-0.25, -0.2) is 9.18 Å². The van der Waals surface area contributed by atoms with Crippen LogP contribution < -0.4 is 16.0 Å². The van der Waals surface area contributed by atoms with E-state index in [0.717, 1.165) is 48.5 Å². The number of alkyl halides is 6. The number of rotatable bonds is 4. The molecule has 0 saturated carbocycles. The fourth-order valence-electron chi connectivity index (χ4n) is 2.85. The number of urea groups is 1. The molecular weight excluding hydrogens is 471 g/mol. The van der Waals surface area contributed by atoms with E-state index >= 15 is 0 Å². The number of hydrogen-bond donors (Lipinski definition) is 3. The third-order valence-corrected chi connectivity index (χ3v) is 4.38. The Labute approximate surface area is 187 Å². The van der Waals surface area contributed by atoms with Crippen LogP contribution in [0.2, 0.25) is 0 Å². The lowest BCUT2D eigenvalue weighted by Crippen LogP contribution is -2.22. The first-order chi connectivity index (χ1) is 15.8. The third-order valence-electron chi connectivity index (χ3n) is 4.38. The van der Waals surface area contributed by atoms with Crippen molar-refractivity contribution in [1.82, 2.24) is 0 Å². The molecule has 3 aromatic carbocycles. The Morgan fingerprint density at radius 2 is 1.24 bits per heavy atom. The standard InChI is InChI=1S/C22H14F7N3O2/c23-13-4-6-14(7-5-13)30-19(33)17-9-8-16(11-18(17)22(27,28)29)32-20(34)31-15-3-1-2-12(10-15)21(24,25)26/h1-11H,(H,30,33)(H2,31,32,34). The minimum atomic E-state index is -4.98. The lowest BCUT2D eigenvalue weighted by Gasteiger charge is -2.15. The molecule has 3 aromatic rings. The molecule has 0 aromatic heterocycles. The first kappa shape index (κ1) is 24.6. The Balaban J connectivity index is 1.79. The fraction of sp³-hybridized carbons (Fsp3) is 0.0909. The summed E-state index contributed by atoms with van der Waals surface area (Å²) < 4.78 is 92.0. The smallest absolute Gasteiger partial charge is 0.322 e. The Bertz CT molecular complexity index is 1210. The summed E-state index contributed by atoms with van der Waals surface area (Å²) in [5.41, 5.74) is -3.71. The Kier molecular flexibility index (Phi) is 6.80. The Morgan fingerprint density at radius 1 is 0.647 bits per heavy atom. The highest BCUT2D eigenvalue weighted by Gasteiger charge is 2.36. The largest absolute Gasteiger partial charge is 0.417 e. The first-order valence-corrected chi connectivity index (χ1v) is 9.36. The van der Waals surface area contributed by atoms with Gasteiger partial charge in [0.15, 0.2) is 0 Å². The molecule has 3 amide bonds. The van der Waals surface area contributed by atoms with Crippen molar-refractivity contribution >= 4 is 29.0 Å². The van der Waals surface area contributed by atoms with Gasteiger partial charge in [0.1, 0.15) is 5.82 Å². The predicted octanol–water partition coefficient (Wildman–Crippen LogP) is 6.76. The topological polar surface area (TPSA) is 70.2 Å². The van der Waals surface area contributed by atoms with Gasteiger partial charge in [-0.15, -0.1) is 0 Å². The van der Waals surface area contributed by atoms with E-state index in [-0.39, 0.29) is 17.1 Å². The second-order valence-corrected chi connectivity index (χ2v) is 6.88. The van der Waals surface area contributed by atoms with Crippen LogP contribution in [0.4, 0.5) is 52.6 Å². The number of carbonyl (C=O) groups is 2. The molecule has 0 saturated heterocycles. The predicted molar refractivity (Wildman–Crippen MR) is 110 cm³/mol. The van der Waals surface area contributed by atoms with Crippen LogP contribution in [0.1, 0.15) is 21.5 Å². The maximum atomic E-state index is 13.6. The van der Waals surface area contributed by atoms with Gasteiger partial charge in [0.2, 0.25) is 0 Å². The van der Waals surface area contributed by atoms with Gasteiger partial charge in [-0.1, -0.05) is 6.07 Å². The highest BCUT2D eigenvalue weighted by molar-refractivity contribution is 6.06. The molecule has 0 aliphatic rings. The van der Waals surface area contributed by atoms with E-state index in [4.69, 9.17) is 0 Å². The van der Waals surface area contributed by atoms with Crippen LogP contribution in [-0.4, -0.2) is 11.9 Å². The van der Waals surface area contributed by atoms with Crippen molar-refractivity contribution in [2.75, 3.05) is 16.0 Å². The van der Waals surface area contributed by atoms with E-state index in [0.29, 0.717) is 12.1 Å². The van der Waals surface area contributed by atoms with Gasteiger partial charge in [-0.2, -0.15) is 26.3 Å². The van der Waals surface area contributed by atoms with E-state index in [1.165, 1.54) is 6.07 Å². The number of nitrogens with one attached hydrogen (secondary N) is 3. The summed E-state index contributed by atoms with van der Waals surface area (Å²) >= 11 is 0. The summed E-state index contributed by atoms with van der Waals surface area (Å²) in [4.78, 5) is 24.5. The lowest BCUT2D eigenvalue weighted by atomic mass is 10.0. The summed E-state index contributed by atoms with van der Waals surface area (Å²) in [6.07, 6.45) is -9.63. The highest BCUT2D eigenvalue weighted by Crippen LogP contribution is 2.34. The van der Waals surface area contributed by atoms with Crippen molar-refractivity contribution in [2.45, 2.75) is 12.4 Å². The zero-order valence-electron chi connectivity index (χ0n) is 16.8. The fourth-order valence-corrected chi connectivity index (χ4v) is 2.85. The molecule has 0 unspecified atom stereocenters. The van der Waals surface area contributed by atoms with Gasteiger partial charge < -0.3 is 16.0 Å². The molecular formula is C22H14F7N3O2. The zero-order valence-corrected chi connectivity index (χ0v) is 16.8. The molecule has 3 N–H and O–H groups in total. The van der Waals surface area contributed by atoms with E-state index in [1.807, 2.05) is 0 Å². The van der Waals surface area contributed by atoms with E-state index in [9.17, 15) is 40.3 Å². The molecule has 0 fully saturated rings. The quantitative estimate of drug-likeness (QED) is 0.358. The molecule has 12 heteroatoms. The van der Waals surface area contributed by atoms with Crippen LogP contribution in [0.25, 0.3) is 0 Å². The van der Waals surface area contributed by atoms with E-state index in [1.54, 1.807) is 0 Å². The molecule has 0 spiro atoms. The van der Waals surface area contributed by atoms with Gasteiger partial charge in [0, 0.05) is 17.1 Å². The van der Waals surface area contributed by atoms with Gasteiger partial charge >= 0.3 is 18.4 Å². The van der Waals surface area contributed by atoms with Gasteiger partial charge in [-0.05, 0) is 60.7 Å². The van der Waals surface area contributed by atoms with Crippen molar-refractivity contribution in [3.05, 3.63) is 89.2 Å². The number of halogens is 7. The van der Waals surface area contributed by atoms with Crippen LogP contribution in [-0.2, 0) is 12.4 Å². The summed E-state index contributed by atoms with van der Waals surface area (Å²) in [5, 5.41) is 6.38. The Morgan fingerprint density at radius 3 is 1.82 bits per heavy atom. The monoisotopic (exact) mass is 485 g/mol. The average Bonchev–Trinajstić information content (AvgIpc) is 2.74. The van der Waals surface area contributed by atoms with Crippen LogP contribution >= 0.6 is 0 Å². The maximum absolute atomic E-state index is 13.6. The number of hydrogen-bond acceptors (Lipinski definition) is 2. The number of amides is 3. The molecule has 0 aliphatic carbocycles. The molecule has 34 heavy (non-hydrogen) atoms.